The molecular weight excluding hydrogens is 110 g/mol. The van der Waals surface area contributed by atoms with Crippen LogP contribution in [0.2, 0.25) is 0 Å². The van der Waals surface area contributed by atoms with Crippen molar-refractivity contribution in [3.63, 3.8) is 0 Å². The van der Waals surface area contributed by atoms with Crippen molar-refractivity contribution < 1.29 is 0 Å². The molecule has 0 aliphatic rings. The normalized spacial score (nSPS) is 7.33. The van der Waals surface area contributed by atoms with Crippen LogP contribution in [0.4, 0.5) is 0 Å². The van der Waals surface area contributed by atoms with Gasteiger partial charge in [0, 0.05) is 0 Å². The molecule has 0 aliphatic carbocycles. The van der Waals surface area contributed by atoms with E-state index in [2.05, 4.69) is 26.2 Å². The van der Waals surface area contributed by atoms with Crippen molar-refractivity contribution in [2.75, 3.05) is 0 Å². The minimum atomic E-state index is 1.25. The van der Waals surface area contributed by atoms with Crippen molar-refractivity contribution in [2.24, 2.45) is 5.73 Å². The fourth-order valence-electron chi connectivity index (χ4n) is 0.500. The van der Waals surface area contributed by atoms with Crippen LogP contribution in [-0.4, -0.2) is 0 Å². The Morgan fingerprint density at radius 2 is 1.44 bits per heavy atom. The number of rotatable bonds is 3. The van der Waals surface area contributed by atoms with Crippen molar-refractivity contribution in [3.8, 4) is 0 Å². The topological polar surface area (TPSA) is 26.0 Å². The average molecular weight is 129 g/mol. The van der Waals surface area contributed by atoms with Crippen LogP contribution in [-0.2, 0) is 0 Å². The third kappa shape index (κ3) is 35.9. The van der Waals surface area contributed by atoms with Gasteiger partial charge in [-0.3, -0.25) is 0 Å². The third-order valence-electron chi connectivity index (χ3n) is 0.957. The molecule has 0 amide bonds. The van der Waals surface area contributed by atoms with E-state index in [0.717, 1.165) is 0 Å². The second kappa shape index (κ2) is 15.6. The van der Waals surface area contributed by atoms with Crippen LogP contribution in [0.5, 0.6) is 0 Å². The fourth-order valence-corrected chi connectivity index (χ4v) is 0.500. The summed E-state index contributed by atoms with van der Waals surface area (Å²) < 4.78 is 0. The molecule has 0 aliphatic heterocycles. The van der Waals surface area contributed by atoms with Crippen molar-refractivity contribution in [1.29, 1.82) is 0 Å². The highest BCUT2D eigenvalue weighted by atomic mass is 14.5. The molecule has 56 valence electrons. The van der Waals surface area contributed by atoms with Crippen LogP contribution in [0.25, 0.3) is 0 Å². The quantitative estimate of drug-likeness (QED) is 0.582. The Hall–Kier alpha value is -0.460. The Balaban J connectivity index is 0. The molecular formula is C8H19N. The lowest BCUT2D eigenvalue weighted by Crippen LogP contribution is -1.67. The molecule has 1 nitrogen and oxygen atoms in total. The molecule has 0 aromatic carbocycles. The summed E-state index contributed by atoms with van der Waals surface area (Å²) in [7, 11) is 0. The SMILES string of the molecule is C=CN.CCCCCC. The van der Waals surface area contributed by atoms with E-state index in [1.165, 1.54) is 31.9 Å². The highest BCUT2D eigenvalue weighted by Crippen LogP contribution is 1.95. The van der Waals surface area contributed by atoms with Crippen molar-refractivity contribution in [3.05, 3.63) is 12.8 Å². The molecule has 0 aromatic heterocycles. The first-order valence-electron chi connectivity index (χ1n) is 3.66. The smallest absolute Gasteiger partial charge is 0.0136 e. The van der Waals surface area contributed by atoms with Crippen LogP contribution in [0, 0.1) is 0 Å². The highest BCUT2D eigenvalue weighted by molar-refractivity contribution is 4.48. The summed E-state index contributed by atoms with van der Waals surface area (Å²) in [5.74, 6) is 0. The summed E-state index contributed by atoms with van der Waals surface area (Å²) in [6, 6.07) is 0. The van der Waals surface area contributed by atoms with Gasteiger partial charge in [0.25, 0.3) is 0 Å². The standard InChI is InChI=1S/C6H14.C2H5N/c1-3-5-6-4-2;1-2-3/h3-6H2,1-2H3;2H,1,3H2. The van der Waals surface area contributed by atoms with Gasteiger partial charge in [-0.1, -0.05) is 46.1 Å². The zero-order valence-electron chi connectivity index (χ0n) is 6.69. The molecule has 1 heteroatoms. The number of unbranched alkanes of at least 4 members (excludes halogenated alkanes) is 3. The first kappa shape index (κ1) is 11.4. The van der Waals surface area contributed by atoms with E-state index >= 15 is 0 Å². The molecule has 0 spiro atoms. The summed E-state index contributed by atoms with van der Waals surface area (Å²) in [6.45, 7) is 7.60. The molecule has 0 unspecified atom stereocenters. The Morgan fingerprint density at radius 1 is 1.22 bits per heavy atom. The van der Waals surface area contributed by atoms with Crippen LogP contribution >= 0.6 is 0 Å². The summed E-state index contributed by atoms with van der Waals surface area (Å²) in [6.07, 6.45) is 6.79. The Kier molecular flexibility index (Phi) is 19.7. The molecule has 9 heavy (non-hydrogen) atoms. The maximum atomic E-state index is 4.61. The van der Waals surface area contributed by atoms with Crippen molar-refractivity contribution in [1.82, 2.24) is 0 Å². The predicted octanol–water partition coefficient (Wildman–Crippen LogP) is 2.68. The van der Waals surface area contributed by atoms with Gasteiger partial charge in [-0.05, 0) is 6.20 Å². The molecule has 0 heterocycles. The third-order valence-corrected chi connectivity index (χ3v) is 0.957. The molecule has 0 saturated carbocycles. The number of nitrogens with two attached hydrogens (primary N) is 1. The van der Waals surface area contributed by atoms with Gasteiger partial charge in [0.2, 0.25) is 0 Å². The zero-order valence-corrected chi connectivity index (χ0v) is 6.69. The lowest BCUT2D eigenvalue weighted by atomic mass is 10.2. The van der Waals surface area contributed by atoms with Crippen LogP contribution in [0.15, 0.2) is 12.8 Å². The largest absolute Gasteiger partial charge is 0.405 e. The Bertz CT molecular complexity index is 37.8. The monoisotopic (exact) mass is 129 g/mol. The van der Waals surface area contributed by atoms with E-state index in [0.29, 0.717) is 0 Å². The number of hydrogen-bond donors (Lipinski definition) is 1. The minimum Gasteiger partial charge on any atom is -0.405 e. The average Bonchev–Trinajstić information content (AvgIpc) is 1.86. The zero-order chi connectivity index (χ0) is 7.54. The van der Waals surface area contributed by atoms with E-state index in [4.69, 9.17) is 0 Å². The molecule has 2 N–H and O–H groups in total. The van der Waals surface area contributed by atoms with Gasteiger partial charge in [0.1, 0.15) is 0 Å². The van der Waals surface area contributed by atoms with Crippen LogP contribution < -0.4 is 5.73 Å². The highest BCUT2D eigenvalue weighted by Gasteiger charge is 1.75. The van der Waals surface area contributed by atoms with Gasteiger partial charge < -0.3 is 5.73 Å². The second-order valence-electron chi connectivity index (χ2n) is 1.94. The van der Waals surface area contributed by atoms with E-state index in [1.54, 1.807) is 0 Å². The summed E-state index contributed by atoms with van der Waals surface area (Å²) in [4.78, 5) is 0. The number of hydrogen-bond acceptors (Lipinski definition) is 1. The van der Waals surface area contributed by atoms with Gasteiger partial charge in [0.15, 0.2) is 0 Å². The van der Waals surface area contributed by atoms with E-state index in [9.17, 15) is 0 Å². The van der Waals surface area contributed by atoms with E-state index in [1.807, 2.05) is 0 Å². The first-order valence-corrected chi connectivity index (χ1v) is 3.66. The fraction of sp³-hybridized carbons (Fsp3) is 0.750. The van der Waals surface area contributed by atoms with Crippen molar-refractivity contribution >= 4 is 0 Å². The van der Waals surface area contributed by atoms with Gasteiger partial charge in [-0.15, -0.1) is 0 Å². The molecule has 0 atom stereocenters. The molecule has 0 saturated heterocycles. The summed E-state index contributed by atoms with van der Waals surface area (Å²) in [5.41, 5.74) is 4.61. The first-order chi connectivity index (χ1) is 4.33. The van der Waals surface area contributed by atoms with E-state index < -0.39 is 0 Å². The molecule has 0 radical (unpaired) electrons. The van der Waals surface area contributed by atoms with Gasteiger partial charge in [-0.25, -0.2) is 0 Å². The minimum absolute atomic E-state index is 1.25. The molecule has 0 aromatic rings. The van der Waals surface area contributed by atoms with Gasteiger partial charge >= 0.3 is 0 Å². The molecule has 0 bridgehead atoms. The van der Waals surface area contributed by atoms with Gasteiger partial charge in [-0.2, -0.15) is 0 Å². The van der Waals surface area contributed by atoms with Crippen molar-refractivity contribution in [2.45, 2.75) is 39.5 Å². The predicted molar refractivity (Wildman–Crippen MR) is 44.2 cm³/mol. The Morgan fingerprint density at radius 3 is 1.56 bits per heavy atom. The maximum absolute atomic E-state index is 4.61. The summed E-state index contributed by atoms with van der Waals surface area (Å²) >= 11 is 0. The maximum Gasteiger partial charge on any atom is -0.0136 e. The lowest BCUT2D eigenvalue weighted by molar-refractivity contribution is 0.702. The molecule has 0 rings (SSSR count). The Labute approximate surface area is 58.9 Å². The van der Waals surface area contributed by atoms with Crippen LogP contribution in [0.1, 0.15) is 39.5 Å². The summed E-state index contributed by atoms with van der Waals surface area (Å²) in [5, 5.41) is 0. The lowest BCUT2D eigenvalue weighted by Gasteiger charge is -1.86. The van der Waals surface area contributed by atoms with E-state index in [-0.39, 0.29) is 0 Å². The second-order valence-corrected chi connectivity index (χ2v) is 1.94. The molecule has 0 fully saturated rings. The van der Waals surface area contributed by atoms with Gasteiger partial charge in [0.05, 0.1) is 0 Å². The van der Waals surface area contributed by atoms with Crippen LogP contribution in [0.3, 0.4) is 0 Å².